The fraction of sp³-hybridized carbons (Fsp3) is 0.333. The molecule has 1 heterocycles. The van der Waals surface area contributed by atoms with Crippen molar-refractivity contribution in [3.8, 4) is 11.5 Å². The highest BCUT2D eigenvalue weighted by molar-refractivity contribution is 6.46. The summed E-state index contributed by atoms with van der Waals surface area (Å²) >= 11 is 6.25. The summed E-state index contributed by atoms with van der Waals surface area (Å²) in [7, 11) is 6.65. The molecule has 2 aromatic rings. The topological polar surface area (TPSA) is 79.3 Å². The van der Waals surface area contributed by atoms with Crippen molar-refractivity contribution in [2.45, 2.75) is 12.5 Å². The van der Waals surface area contributed by atoms with Crippen LogP contribution in [-0.4, -0.2) is 68.0 Å². The molecule has 0 aromatic heterocycles. The molecular weight excluding hydrogens is 451 g/mol. The van der Waals surface area contributed by atoms with E-state index in [1.807, 2.05) is 19.0 Å². The quantitative estimate of drug-likeness (QED) is 0.354. The molecule has 1 fully saturated rings. The first-order valence-corrected chi connectivity index (χ1v) is 10.7. The fourth-order valence-corrected chi connectivity index (χ4v) is 4.09. The van der Waals surface area contributed by atoms with Gasteiger partial charge in [-0.2, -0.15) is 0 Å². The van der Waals surface area contributed by atoms with E-state index >= 15 is 0 Å². The first-order valence-electron chi connectivity index (χ1n) is 10.3. The maximum absolute atomic E-state index is 13.6. The van der Waals surface area contributed by atoms with E-state index in [4.69, 9.17) is 21.1 Å². The van der Waals surface area contributed by atoms with Crippen LogP contribution in [0.25, 0.3) is 5.76 Å². The zero-order chi connectivity index (χ0) is 24.3. The Kier molecular flexibility index (Phi) is 7.61. The van der Waals surface area contributed by atoms with Crippen molar-refractivity contribution >= 4 is 29.1 Å². The Hall–Kier alpha value is -3.10. The normalized spacial score (nSPS) is 17.7. The van der Waals surface area contributed by atoms with Gasteiger partial charge in [0.2, 0.25) is 0 Å². The van der Waals surface area contributed by atoms with Gasteiger partial charge in [-0.05, 0) is 50.8 Å². The van der Waals surface area contributed by atoms with E-state index in [1.165, 1.54) is 55.5 Å². The summed E-state index contributed by atoms with van der Waals surface area (Å²) in [5.41, 5.74) is 0.526. The summed E-state index contributed by atoms with van der Waals surface area (Å²) < 4.78 is 24.1. The van der Waals surface area contributed by atoms with E-state index in [0.29, 0.717) is 24.3 Å². The van der Waals surface area contributed by atoms with E-state index in [0.717, 1.165) is 0 Å². The van der Waals surface area contributed by atoms with Crippen LogP contribution in [0.15, 0.2) is 42.0 Å². The second-order valence-corrected chi connectivity index (χ2v) is 8.30. The van der Waals surface area contributed by atoms with E-state index < -0.39 is 29.3 Å². The molecule has 1 amide bonds. The summed E-state index contributed by atoms with van der Waals surface area (Å²) in [6.07, 6.45) is 0.607. The van der Waals surface area contributed by atoms with Crippen molar-refractivity contribution in [2.75, 3.05) is 41.4 Å². The number of aliphatic hydroxyl groups is 1. The van der Waals surface area contributed by atoms with Crippen LogP contribution in [-0.2, 0) is 9.59 Å². The number of Topliss-reactive ketones (excluding diaryl/α,β-unsaturated/α-hetero) is 1. The molecule has 1 atom stereocenters. The SMILES string of the molecule is COc1cc(OC)c(/C(O)=C2\C(=O)C(=O)N(CCCN(C)C)C2c2ccc(F)cc2)cc1Cl. The summed E-state index contributed by atoms with van der Waals surface area (Å²) in [5, 5.41) is 11.4. The highest BCUT2D eigenvalue weighted by Crippen LogP contribution is 2.43. The number of hydrogen-bond donors (Lipinski definition) is 1. The van der Waals surface area contributed by atoms with Gasteiger partial charge >= 0.3 is 0 Å². The molecule has 0 bridgehead atoms. The Labute approximate surface area is 197 Å². The van der Waals surface area contributed by atoms with Crippen LogP contribution < -0.4 is 9.47 Å². The number of amides is 1. The van der Waals surface area contributed by atoms with Crippen LogP contribution >= 0.6 is 11.6 Å². The van der Waals surface area contributed by atoms with E-state index in [2.05, 4.69) is 0 Å². The molecule has 1 aliphatic rings. The molecule has 9 heteroatoms. The Morgan fingerprint density at radius 2 is 1.76 bits per heavy atom. The predicted molar refractivity (Wildman–Crippen MR) is 123 cm³/mol. The molecule has 2 aromatic carbocycles. The highest BCUT2D eigenvalue weighted by atomic mass is 35.5. The number of hydrogen-bond acceptors (Lipinski definition) is 6. The summed E-state index contributed by atoms with van der Waals surface area (Å²) in [4.78, 5) is 29.4. The molecule has 0 saturated carbocycles. The third-order valence-electron chi connectivity index (χ3n) is 5.46. The molecule has 7 nitrogen and oxygen atoms in total. The van der Waals surface area contributed by atoms with Gasteiger partial charge in [-0.25, -0.2) is 4.39 Å². The maximum Gasteiger partial charge on any atom is 0.295 e. The number of carbonyl (C=O) groups is 2. The Bertz CT molecular complexity index is 1090. The number of carbonyl (C=O) groups excluding carboxylic acids is 2. The zero-order valence-corrected chi connectivity index (χ0v) is 19.6. The number of rotatable bonds is 8. The monoisotopic (exact) mass is 476 g/mol. The molecule has 1 saturated heterocycles. The molecule has 1 unspecified atom stereocenters. The van der Waals surface area contributed by atoms with Gasteiger partial charge in [0.05, 0.1) is 36.4 Å². The lowest BCUT2D eigenvalue weighted by Crippen LogP contribution is -2.32. The van der Waals surface area contributed by atoms with Crippen molar-refractivity contribution < 1.29 is 28.6 Å². The number of likely N-dealkylation sites (tertiary alicyclic amines) is 1. The highest BCUT2D eigenvalue weighted by Gasteiger charge is 2.46. The Morgan fingerprint density at radius 3 is 2.33 bits per heavy atom. The second-order valence-electron chi connectivity index (χ2n) is 7.89. The standard InChI is InChI=1S/C24H26ClFN2O5/c1-27(2)10-5-11-28-21(14-6-8-15(26)9-7-14)20(23(30)24(28)31)22(29)16-12-17(25)19(33-4)13-18(16)32-3/h6-9,12-13,21,29H,5,10-11H2,1-4H3/b22-20+. The molecule has 33 heavy (non-hydrogen) atoms. The molecule has 1 N–H and O–H groups in total. The maximum atomic E-state index is 13.6. The molecule has 0 aliphatic carbocycles. The number of aliphatic hydroxyl groups excluding tert-OH is 1. The molecule has 0 spiro atoms. The van der Waals surface area contributed by atoms with Gasteiger partial charge in [-0.3, -0.25) is 9.59 Å². The predicted octanol–water partition coefficient (Wildman–Crippen LogP) is 3.87. The minimum Gasteiger partial charge on any atom is -0.507 e. The van der Waals surface area contributed by atoms with Crippen LogP contribution in [0.2, 0.25) is 5.02 Å². The lowest BCUT2D eigenvalue weighted by atomic mass is 9.95. The van der Waals surface area contributed by atoms with Gasteiger partial charge < -0.3 is 24.4 Å². The summed E-state index contributed by atoms with van der Waals surface area (Å²) in [6, 6.07) is 7.50. The van der Waals surface area contributed by atoms with Gasteiger partial charge in [0.1, 0.15) is 23.1 Å². The largest absolute Gasteiger partial charge is 0.507 e. The first-order chi connectivity index (χ1) is 15.7. The number of ketones is 1. The third-order valence-corrected chi connectivity index (χ3v) is 5.75. The van der Waals surface area contributed by atoms with Crippen molar-refractivity contribution in [3.05, 3.63) is 63.9 Å². The number of halogens is 2. The lowest BCUT2D eigenvalue weighted by Gasteiger charge is -2.26. The fourth-order valence-electron chi connectivity index (χ4n) is 3.85. The number of ether oxygens (including phenoxy) is 2. The smallest absolute Gasteiger partial charge is 0.295 e. The summed E-state index contributed by atoms with van der Waals surface area (Å²) in [6.45, 7) is 0.975. The Morgan fingerprint density at radius 1 is 1.12 bits per heavy atom. The van der Waals surface area contributed by atoms with Gasteiger partial charge in [0.25, 0.3) is 11.7 Å². The second kappa shape index (κ2) is 10.2. The lowest BCUT2D eigenvalue weighted by molar-refractivity contribution is -0.139. The van der Waals surface area contributed by atoms with Crippen LogP contribution in [0.3, 0.4) is 0 Å². The van der Waals surface area contributed by atoms with Gasteiger partial charge in [0, 0.05) is 12.6 Å². The Balaban J connectivity index is 2.17. The number of benzene rings is 2. The average molecular weight is 477 g/mol. The van der Waals surface area contributed by atoms with Crippen LogP contribution in [0.4, 0.5) is 4.39 Å². The molecule has 176 valence electrons. The van der Waals surface area contributed by atoms with Crippen LogP contribution in [0.5, 0.6) is 11.5 Å². The van der Waals surface area contributed by atoms with Crippen LogP contribution in [0.1, 0.15) is 23.6 Å². The van der Waals surface area contributed by atoms with Gasteiger partial charge in [0.15, 0.2) is 0 Å². The molecule has 1 aliphatic heterocycles. The van der Waals surface area contributed by atoms with E-state index in [9.17, 15) is 19.1 Å². The minimum absolute atomic E-state index is 0.115. The number of nitrogens with zero attached hydrogens (tertiary/aromatic N) is 2. The molecule has 3 rings (SSSR count). The molecular formula is C24H26ClFN2O5. The van der Waals surface area contributed by atoms with E-state index in [-0.39, 0.29) is 28.5 Å². The van der Waals surface area contributed by atoms with Gasteiger partial charge in [-0.15, -0.1) is 0 Å². The number of methoxy groups -OCH3 is 2. The van der Waals surface area contributed by atoms with Crippen LogP contribution in [0, 0.1) is 5.82 Å². The average Bonchev–Trinajstić information content (AvgIpc) is 3.03. The first kappa shape index (κ1) is 24.5. The van der Waals surface area contributed by atoms with Crippen molar-refractivity contribution in [3.63, 3.8) is 0 Å². The minimum atomic E-state index is -0.890. The van der Waals surface area contributed by atoms with E-state index in [1.54, 1.807) is 0 Å². The van der Waals surface area contributed by atoms with Crippen molar-refractivity contribution in [1.29, 1.82) is 0 Å². The van der Waals surface area contributed by atoms with Gasteiger partial charge in [-0.1, -0.05) is 23.7 Å². The third kappa shape index (κ3) is 4.96. The molecule has 0 radical (unpaired) electrons. The van der Waals surface area contributed by atoms with Crippen molar-refractivity contribution in [1.82, 2.24) is 9.80 Å². The zero-order valence-electron chi connectivity index (χ0n) is 18.9. The summed E-state index contributed by atoms with van der Waals surface area (Å²) in [5.74, 6) is -1.91. The van der Waals surface area contributed by atoms with Crippen molar-refractivity contribution in [2.24, 2.45) is 0 Å².